The Labute approximate surface area is 145 Å². The van der Waals surface area contributed by atoms with E-state index >= 15 is 0 Å². The van der Waals surface area contributed by atoms with Crippen molar-refractivity contribution < 1.29 is 9.53 Å². The summed E-state index contributed by atoms with van der Waals surface area (Å²) in [6.07, 6.45) is 3.49. The zero-order valence-corrected chi connectivity index (χ0v) is 13.7. The maximum absolute atomic E-state index is 12.1. The van der Waals surface area contributed by atoms with Gasteiger partial charge in [0.15, 0.2) is 0 Å². The first kappa shape index (κ1) is 16.4. The van der Waals surface area contributed by atoms with E-state index in [0.717, 1.165) is 22.7 Å². The molecule has 0 aliphatic rings. The van der Waals surface area contributed by atoms with Crippen molar-refractivity contribution in [3.63, 3.8) is 0 Å². The average molecular weight is 337 g/mol. The van der Waals surface area contributed by atoms with Gasteiger partial charge in [0, 0.05) is 24.1 Å². The van der Waals surface area contributed by atoms with Crippen LogP contribution in [0.2, 0.25) is 0 Å². The highest BCUT2D eigenvalue weighted by Crippen LogP contribution is 2.16. The molecule has 3 aromatic rings. The summed E-state index contributed by atoms with van der Waals surface area (Å²) in [7, 11) is 1.60. The van der Waals surface area contributed by atoms with Gasteiger partial charge in [0.2, 0.25) is 0 Å². The molecule has 4 N–H and O–H groups in total. The largest absolute Gasteiger partial charge is 0.497 e. The van der Waals surface area contributed by atoms with Crippen molar-refractivity contribution in [1.82, 2.24) is 10.2 Å². The van der Waals surface area contributed by atoms with E-state index in [1.165, 1.54) is 0 Å². The van der Waals surface area contributed by atoms with Gasteiger partial charge >= 0.3 is 6.03 Å². The van der Waals surface area contributed by atoms with Gasteiger partial charge in [0.25, 0.3) is 0 Å². The number of methoxy groups -OCH3 is 1. The molecule has 1 aromatic heterocycles. The molecule has 128 valence electrons. The molecule has 2 aromatic carbocycles. The lowest BCUT2D eigenvalue weighted by Gasteiger charge is -2.10. The van der Waals surface area contributed by atoms with Gasteiger partial charge < -0.3 is 20.7 Å². The number of urea groups is 1. The second-order valence-corrected chi connectivity index (χ2v) is 5.35. The molecule has 0 saturated heterocycles. The Hall–Kier alpha value is -3.48. The number of carbonyl (C=O) groups is 1. The molecule has 3 rings (SSSR count). The van der Waals surface area contributed by atoms with Gasteiger partial charge in [-0.3, -0.25) is 5.10 Å². The van der Waals surface area contributed by atoms with Crippen LogP contribution in [0.1, 0.15) is 5.56 Å². The fourth-order valence-corrected chi connectivity index (χ4v) is 2.28. The number of aromatic amines is 1. The van der Waals surface area contributed by atoms with Gasteiger partial charge in [0.05, 0.1) is 19.0 Å². The van der Waals surface area contributed by atoms with Gasteiger partial charge in [-0.2, -0.15) is 5.10 Å². The molecule has 0 radical (unpaired) electrons. The molecule has 0 aliphatic carbocycles. The van der Waals surface area contributed by atoms with Gasteiger partial charge in [-0.25, -0.2) is 4.79 Å². The minimum Gasteiger partial charge on any atom is -0.497 e. The predicted molar refractivity (Wildman–Crippen MR) is 98.0 cm³/mol. The van der Waals surface area contributed by atoms with E-state index < -0.39 is 0 Å². The lowest BCUT2D eigenvalue weighted by atomic mass is 10.2. The summed E-state index contributed by atoms with van der Waals surface area (Å²) in [5.41, 5.74) is 3.37. The monoisotopic (exact) mass is 337 g/mol. The van der Waals surface area contributed by atoms with Gasteiger partial charge in [0.1, 0.15) is 5.75 Å². The smallest absolute Gasteiger partial charge is 0.323 e. The second-order valence-electron chi connectivity index (χ2n) is 5.35. The van der Waals surface area contributed by atoms with Crippen molar-refractivity contribution in [2.24, 2.45) is 0 Å². The normalized spacial score (nSPS) is 10.1. The Morgan fingerprint density at radius 2 is 1.88 bits per heavy atom. The molecule has 1 heterocycles. The molecule has 25 heavy (non-hydrogen) atoms. The van der Waals surface area contributed by atoms with Crippen molar-refractivity contribution in [3.05, 3.63) is 66.5 Å². The third-order valence-electron chi connectivity index (χ3n) is 3.53. The number of ether oxygens (including phenoxy) is 1. The van der Waals surface area contributed by atoms with E-state index in [1.54, 1.807) is 43.8 Å². The quantitative estimate of drug-likeness (QED) is 0.552. The number of nitrogens with one attached hydrogen (secondary N) is 4. The third-order valence-corrected chi connectivity index (χ3v) is 3.53. The zero-order chi connectivity index (χ0) is 17.5. The number of aromatic nitrogens is 2. The average Bonchev–Trinajstić information content (AvgIpc) is 3.14. The first-order valence-electron chi connectivity index (χ1n) is 7.76. The third kappa shape index (κ3) is 4.74. The van der Waals surface area contributed by atoms with E-state index in [9.17, 15) is 4.79 Å². The van der Waals surface area contributed by atoms with Crippen LogP contribution in [0.4, 0.5) is 21.9 Å². The highest BCUT2D eigenvalue weighted by molar-refractivity contribution is 5.99. The molecule has 0 saturated carbocycles. The highest BCUT2D eigenvalue weighted by Gasteiger charge is 2.04. The van der Waals surface area contributed by atoms with Crippen LogP contribution in [0, 0.1) is 0 Å². The highest BCUT2D eigenvalue weighted by atomic mass is 16.5. The number of H-pyrrole nitrogens is 1. The number of carbonyl (C=O) groups excluding carboxylic acids is 1. The minimum absolute atomic E-state index is 0.301. The molecule has 0 bridgehead atoms. The van der Waals surface area contributed by atoms with Crippen molar-refractivity contribution in [2.45, 2.75) is 6.54 Å². The first-order valence-corrected chi connectivity index (χ1v) is 7.76. The Bertz CT molecular complexity index is 816. The molecule has 2 amide bonds. The van der Waals surface area contributed by atoms with E-state index in [-0.39, 0.29) is 6.03 Å². The van der Waals surface area contributed by atoms with Crippen LogP contribution < -0.4 is 20.7 Å². The van der Waals surface area contributed by atoms with E-state index in [1.807, 2.05) is 24.3 Å². The fourth-order valence-electron chi connectivity index (χ4n) is 2.28. The fraction of sp³-hybridized carbons (Fsp3) is 0.111. The van der Waals surface area contributed by atoms with Gasteiger partial charge in [-0.15, -0.1) is 0 Å². The van der Waals surface area contributed by atoms with Gasteiger partial charge in [-0.1, -0.05) is 12.1 Å². The first-order chi connectivity index (χ1) is 12.2. The molecule has 0 atom stereocenters. The Balaban J connectivity index is 1.56. The summed E-state index contributed by atoms with van der Waals surface area (Å²) in [4.78, 5) is 12.1. The van der Waals surface area contributed by atoms with Crippen molar-refractivity contribution in [2.75, 3.05) is 23.1 Å². The number of amides is 2. The molecule has 7 nitrogen and oxygen atoms in total. The van der Waals surface area contributed by atoms with E-state index in [0.29, 0.717) is 12.2 Å². The van der Waals surface area contributed by atoms with Gasteiger partial charge in [-0.05, 0) is 42.0 Å². The zero-order valence-electron chi connectivity index (χ0n) is 13.7. The van der Waals surface area contributed by atoms with Crippen LogP contribution in [0.15, 0.2) is 60.9 Å². The number of benzene rings is 2. The summed E-state index contributed by atoms with van der Waals surface area (Å²) in [5.74, 6) is 0.740. The van der Waals surface area contributed by atoms with E-state index in [4.69, 9.17) is 4.74 Å². The molecule has 0 fully saturated rings. The molecular formula is C18H19N5O2. The van der Waals surface area contributed by atoms with Crippen LogP contribution in [-0.2, 0) is 6.54 Å². The molecule has 7 heteroatoms. The maximum atomic E-state index is 12.1. The van der Waals surface area contributed by atoms with Crippen LogP contribution in [0.25, 0.3) is 0 Å². The topological polar surface area (TPSA) is 91.1 Å². The van der Waals surface area contributed by atoms with E-state index in [2.05, 4.69) is 26.1 Å². The second kappa shape index (κ2) is 7.87. The number of rotatable bonds is 6. The van der Waals surface area contributed by atoms with Crippen molar-refractivity contribution >= 4 is 23.1 Å². The van der Waals surface area contributed by atoms with Crippen LogP contribution in [0.5, 0.6) is 5.75 Å². The molecule has 0 aliphatic heterocycles. The predicted octanol–water partition coefficient (Wildman–Crippen LogP) is 3.67. The molecule has 0 spiro atoms. The number of anilines is 3. The number of hydrogen-bond donors (Lipinski definition) is 4. The Morgan fingerprint density at radius 1 is 1.08 bits per heavy atom. The summed E-state index contributed by atoms with van der Waals surface area (Å²) in [6, 6.07) is 14.5. The Morgan fingerprint density at radius 3 is 2.60 bits per heavy atom. The maximum Gasteiger partial charge on any atom is 0.323 e. The van der Waals surface area contributed by atoms with Crippen molar-refractivity contribution in [1.29, 1.82) is 0 Å². The van der Waals surface area contributed by atoms with Crippen LogP contribution >= 0.6 is 0 Å². The Kier molecular flexibility index (Phi) is 5.16. The summed E-state index contributed by atoms with van der Waals surface area (Å²) in [5, 5.41) is 15.5. The summed E-state index contributed by atoms with van der Waals surface area (Å²) in [6.45, 7) is 0.634. The van der Waals surface area contributed by atoms with Crippen LogP contribution in [-0.4, -0.2) is 23.3 Å². The summed E-state index contributed by atoms with van der Waals surface area (Å²) >= 11 is 0. The number of nitrogens with zero attached hydrogens (tertiary/aromatic N) is 1. The summed E-state index contributed by atoms with van der Waals surface area (Å²) < 4.78 is 5.09. The number of hydrogen-bond acceptors (Lipinski definition) is 4. The lowest BCUT2D eigenvalue weighted by molar-refractivity contribution is 0.262. The van der Waals surface area contributed by atoms with Crippen LogP contribution in [0.3, 0.4) is 0 Å². The van der Waals surface area contributed by atoms with Crippen molar-refractivity contribution in [3.8, 4) is 5.75 Å². The SMILES string of the molecule is COc1ccc(NC(=O)Nc2cccc(CNc3cn[nH]c3)c2)cc1. The molecular weight excluding hydrogens is 318 g/mol. The lowest BCUT2D eigenvalue weighted by Crippen LogP contribution is -2.19. The standard InChI is InChI=1S/C18H19N5O2/c1-25-17-7-5-14(6-8-17)22-18(24)23-15-4-2-3-13(9-15)10-19-16-11-20-21-12-16/h2-9,11-12,19H,10H2,1H3,(H,20,21)(H2,22,23,24). The minimum atomic E-state index is -0.301. The molecule has 0 unspecified atom stereocenters.